The van der Waals surface area contributed by atoms with Crippen molar-refractivity contribution in [1.82, 2.24) is 15.3 Å². The second-order valence-corrected chi connectivity index (χ2v) is 7.73. The number of carbonyl (C=O) groups excluding carboxylic acids is 1. The normalized spacial score (nSPS) is 17.1. The fourth-order valence-electron chi connectivity index (χ4n) is 3.03. The number of piperidine rings is 1. The van der Waals surface area contributed by atoms with E-state index in [9.17, 15) is 4.79 Å². The summed E-state index contributed by atoms with van der Waals surface area (Å²) in [6.07, 6.45) is 3.04. The standard InChI is InChI=1S/C17H28ClN5O2/c1-11(22-16(24)25-17(2,3)4)12-6-8-23(9-7-12)15-13(19-5)14(18)20-10-21-15/h10-12,19H,6-9H2,1-5H3,(H,22,24). The first-order valence-electron chi connectivity index (χ1n) is 8.64. The summed E-state index contributed by atoms with van der Waals surface area (Å²) in [4.78, 5) is 22.5. The van der Waals surface area contributed by atoms with Crippen molar-refractivity contribution in [2.75, 3.05) is 30.4 Å². The Bertz CT molecular complexity index is 597. The van der Waals surface area contributed by atoms with Gasteiger partial charge < -0.3 is 20.3 Å². The number of hydrogen-bond donors (Lipinski definition) is 2. The number of hydrogen-bond acceptors (Lipinski definition) is 6. The van der Waals surface area contributed by atoms with E-state index >= 15 is 0 Å². The Kier molecular flexibility index (Phi) is 6.32. The van der Waals surface area contributed by atoms with Crippen LogP contribution in [-0.2, 0) is 4.74 Å². The Hall–Kier alpha value is -1.76. The molecule has 0 saturated carbocycles. The molecular weight excluding hydrogens is 342 g/mol. The summed E-state index contributed by atoms with van der Waals surface area (Å²) in [5.74, 6) is 1.23. The van der Waals surface area contributed by atoms with Gasteiger partial charge in [0.25, 0.3) is 0 Å². The van der Waals surface area contributed by atoms with E-state index < -0.39 is 5.60 Å². The summed E-state index contributed by atoms with van der Waals surface area (Å²) < 4.78 is 5.33. The molecule has 0 aromatic carbocycles. The third-order valence-electron chi connectivity index (χ3n) is 4.32. The van der Waals surface area contributed by atoms with E-state index in [0.29, 0.717) is 11.1 Å². The number of alkyl carbamates (subject to hydrolysis) is 1. The number of anilines is 2. The maximum Gasteiger partial charge on any atom is 0.407 e. The van der Waals surface area contributed by atoms with Crippen LogP contribution in [0.3, 0.4) is 0 Å². The zero-order valence-corrected chi connectivity index (χ0v) is 16.4. The number of rotatable bonds is 4. The topological polar surface area (TPSA) is 79.4 Å². The highest BCUT2D eigenvalue weighted by Gasteiger charge is 2.28. The lowest BCUT2D eigenvalue weighted by Gasteiger charge is -2.36. The second-order valence-electron chi connectivity index (χ2n) is 7.37. The molecule has 25 heavy (non-hydrogen) atoms. The molecule has 1 unspecified atom stereocenters. The molecule has 0 spiro atoms. The first kappa shape index (κ1) is 19.6. The van der Waals surface area contributed by atoms with Crippen LogP contribution < -0.4 is 15.5 Å². The van der Waals surface area contributed by atoms with Crippen LogP contribution in [0.1, 0.15) is 40.5 Å². The number of aromatic nitrogens is 2. The largest absolute Gasteiger partial charge is 0.444 e. The molecule has 0 aliphatic carbocycles. The lowest BCUT2D eigenvalue weighted by Crippen LogP contribution is -2.45. The van der Waals surface area contributed by atoms with Gasteiger partial charge in [0.1, 0.15) is 17.6 Å². The highest BCUT2D eigenvalue weighted by molar-refractivity contribution is 6.32. The van der Waals surface area contributed by atoms with Crippen LogP contribution in [0.2, 0.25) is 5.15 Å². The van der Waals surface area contributed by atoms with Crippen molar-refractivity contribution < 1.29 is 9.53 Å². The number of nitrogens with one attached hydrogen (secondary N) is 2. The zero-order valence-electron chi connectivity index (χ0n) is 15.6. The molecule has 1 aromatic rings. The van der Waals surface area contributed by atoms with Crippen LogP contribution in [0.25, 0.3) is 0 Å². The molecule has 1 aliphatic rings. The van der Waals surface area contributed by atoms with Gasteiger partial charge in [-0.3, -0.25) is 0 Å². The average Bonchev–Trinajstić information content (AvgIpc) is 2.52. The highest BCUT2D eigenvalue weighted by Crippen LogP contribution is 2.32. The Morgan fingerprint density at radius 1 is 1.36 bits per heavy atom. The van der Waals surface area contributed by atoms with Gasteiger partial charge in [-0.2, -0.15) is 0 Å². The molecule has 2 N–H and O–H groups in total. The molecule has 0 radical (unpaired) electrons. The lowest BCUT2D eigenvalue weighted by atomic mass is 9.90. The molecule has 1 atom stereocenters. The number of nitrogens with zero attached hydrogens (tertiary/aromatic N) is 3. The molecule has 140 valence electrons. The fourth-order valence-corrected chi connectivity index (χ4v) is 3.26. The Balaban J connectivity index is 1.91. The van der Waals surface area contributed by atoms with Crippen LogP contribution in [0.5, 0.6) is 0 Å². The van der Waals surface area contributed by atoms with E-state index in [2.05, 4.69) is 25.5 Å². The minimum absolute atomic E-state index is 0.0646. The minimum Gasteiger partial charge on any atom is -0.444 e. The third kappa shape index (κ3) is 5.36. The average molecular weight is 370 g/mol. The van der Waals surface area contributed by atoms with Crippen LogP contribution in [0.15, 0.2) is 6.33 Å². The van der Waals surface area contributed by atoms with Crippen molar-refractivity contribution in [3.63, 3.8) is 0 Å². The molecule has 1 aliphatic heterocycles. The van der Waals surface area contributed by atoms with Gasteiger partial charge in [0.15, 0.2) is 11.0 Å². The van der Waals surface area contributed by atoms with Crippen LogP contribution in [-0.4, -0.2) is 47.8 Å². The molecule has 1 fully saturated rings. The number of amides is 1. The van der Waals surface area contributed by atoms with Gasteiger partial charge in [-0.1, -0.05) is 11.6 Å². The van der Waals surface area contributed by atoms with Gasteiger partial charge >= 0.3 is 6.09 Å². The minimum atomic E-state index is -0.483. The van der Waals surface area contributed by atoms with Gasteiger partial charge in [-0.15, -0.1) is 0 Å². The molecule has 2 rings (SSSR count). The predicted molar refractivity (Wildman–Crippen MR) is 100 cm³/mol. The van der Waals surface area contributed by atoms with Crippen molar-refractivity contribution >= 4 is 29.2 Å². The molecule has 8 heteroatoms. The van der Waals surface area contributed by atoms with Gasteiger partial charge in [0.2, 0.25) is 0 Å². The Labute approximate surface area is 154 Å². The molecule has 1 amide bonds. The van der Waals surface area contributed by atoms with E-state index in [4.69, 9.17) is 16.3 Å². The van der Waals surface area contributed by atoms with Crippen molar-refractivity contribution in [2.24, 2.45) is 5.92 Å². The first-order chi connectivity index (χ1) is 11.7. The number of ether oxygens (including phenoxy) is 1. The maximum atomic E-state index is 11.9. The number of carbonyl (C=O) groups is 1. The molecular formula is C17H28ClN5O2. The summed E-state index contributed by atoms with van der Waals surface area (Å²) in [6.45, 7) is 9.33. The van der Waals surface area contributed by atoms with Gasteiger partial charge in [0.05, 0.1) is 0 Å². The fraction of sp³-hybridized carbons (Fsp3) is 0.706. The first-order valence-corrected chi connectivity index (χ1v) is 9.01. The lowest BCUT2D eigenvalue weighted by molar-refractivity contribution is 0.0487. The summed E-state index contributed by atoms with van der Waals surface area (Å²) in [5, 5.41) is 6.45. The molecule has 1 aromatic heterocycles. The second kappa shape index (κ2) is 8.08. The number of halogens is 1. The van der Waals surface area contributed by atoms with Crippen molar-refractivity contribution in [3.05, 3.63) is 11.5 Å². The summed E-state index contributed by atoms with van der Waals surface area (Å²) in [5.41, 5.74) is 0.269. The Morgan fingerprint density at radius 2 is 2.00 bits per heavy atom. The molecule has 2 heterocycles. The van der Waals surface area contributed by atoms with Gasteiger partial charge in [0, 0.05) is 26.2 Å². The van der Waals surface area contributed by atoms with Crippen LogP contribution in [0.4, 0.5) is 16.3 Å². The molecule has 0 bridgehead atoms. The van der Waals surface area contributed by atoms with E-state index in [1.807, 2.05) is 34.7 Å². The maximum absolute atomic E-state index is 11.9. The van der Waals surface area contributed by atoms with Crippen LogP contribution >= 0.6 is 11.6 Å². The van der Waals surface area contributed by atoms with Crippen molar-refractivity contribution in [1.29, 1.82) is 0 Å². The van der Waals surface area contributed by atoms with E-state index in [1.165, 1.54) is 6.33 Å². The Morgan fingerprint density at radius 3 is 2.56 bits per heavy atom. The summed E-state index contributed by atoms with van der Waals surface area (Å²) in [6, 6.07) is 0.0646. The molecule has 7 nitrogen and oxygen atoms in total. The van der Waals surface area contributed by atoms with Crippen molar-refractivity contribution in [3.8, 4) is 0 Å². The zero-order chi connectivity index (χ0) is 18.6. The summed E-state index contributed by atoms with van der Waals surface area (Å²) >= 11 is 6.14. The smallest absolute Gasteiger partial charge is 0.407 e. The monoisotopic (exact) mass is 369 g/mol. The van der Waals surface area contributed by atoms with Gasteiger partial charge in [-0.25, -0.2) is 14.8 Å². The van der Waals surface area contributed by atoms with Crippen LogP contribution in [0, 0.1) is 5.92 Å². The highest BCUT2D eigenvalue weighted by atomic mass is 35.5. The van der Waals surface area contributed by atoms with Crippen molar-refractivity contribution in [2.45, 2.75) is 52.2 Å². The quantitative estimate of drug-likeness (QED) is 0.793. The SMILES string of the molecule is CNc1c(Cl)ncnc1N1CCC(C(C)NC(=O)OC(C)(C)C)CC1. The van der Waals surface area contributed by atoms with E-state index in [1.54, 1.807) is 0 Å². The van der Waals surface area contributed by atoms with E-state index in [0.717, 1.165) is 37.4 Å². The predicted octanol–water partition coefficient (Wildman–Crippen LogP) is 3.30. The summed E-state index contributed by atoms with van der Waals surface area (Å²) in [7, 11) is 1.81. The molecule has 1 saturated heterocycles. The third-order valence-corrected chi connectivity index (χ3v) is 4.61. The van der Waals surface area contributed by atoms with Gasteiger partial charge in [-0.05, 0) is 46.5 Å². The van der Waals surface area contributed by atoms with E-state index in [-0.39, 0.29) is 12.1 Å².